The van der Waals surface area contributed by atoms with Crippen LogP contribution in [0.25, 0.3) is 10.8 Å². The van der Waals surface area contributed by atoms with Gasteiger partial charge >= 0.3 is 0 Å². The lowest BCUT2D eigenvalue weighted by atomic mass is 10.1. The second-order valence-corrected chi connectivity index (χ2v) is 8.88. The number of fused-ring (bicyclic) bond motifs is 1. The van der Waals surface area contributed by atoms with E-state index in [1.165, 1.54) is 4.68 Å². The van der Waals surface area contributed by atoms with E-state index in [1.807, 2.05) is 38.1 Å². The highest BCUT2D eigenvalue weighted by atomic mass is 16.2. The first kappa shape index (κ1) is 22.0. The summed E-state index contributed by atoms with van der Waals surface area (Å²) in [5, 5.41) is 8.60. The molecule has 0 atom stereocenters. The third-order valence-corrected chi connectivity index (χ3v) is 5.90. The van der Waals surface area contributed by atoms with Gasteiger partial charge in [0.15, 0.2) is 5.69 Å². The Hall–Kier alpha value is -3.19. The third kappa shape index (κ3) is 4.67. The standard InChI is InChI=1S/C25H31N5O2/c1-18(2)17-30-25(32)21-10-6-5-9-20(21)23(27-30)24(31)26-16-19-8-4-7-11-22(19)29-14-12-28(3)13-15-29/h4-11,18H,12-17H2,1-3H3,(H,26,31). The van der Waals surface area contributed by atoms with Crippen LogP contribution in [-0.4, -0.2) is 53.8 Å². The highest BCUT2D eigenvalue weighted by Crippen LogP contribution is 2.22. The molecule has 0 radical (unpaired) electrons. The van der Waals surface area contributed by atoms with Crippen LogP contribution in [0.4, 0.5) is 5.69 Å². The topological polar surface area (TPSA) is 70.5 Å². The number of hydrogen-bond donors (Lipinski definition) is 1. The van der Waals surface area contributed by atoms with Gasteiger partial charge < -0.3 is 15.1 Å². The molecular weight excluding hydrogens is 402 g/mol. The zero-order valence-electron chi connectivity index (χ0n) is 19.0. The van der Waals surface area contributed by atoms with Gasteiger partial charge in [0.25, 0.3) is 11.5 Å². The second kappa shape index (κ2) is 9.53. The number of piperazine rings is 1. The van der Waals surface area contributed by atoms with E-state index >= 15 is 0 Å². The molecule has 1 aliphatic heterocycles. The number of nitrogens with one attached hydrogen (secondary N) is 1. The van der Waals surface area contributed by atoms with Crippen LogP contribution in [0, 0.1) is 5.92 Å². The zero-order chi connectivity index (χ0) is 22.7. The van der Waals surface area contributed by atoms with Crippen LogP contribution >= 0.6 is 0 Å². The molecule has 0 unspecified atom stereocenters. The first-order valence-electron chi connectivity index (χ1n) is 11.2. The van der Waals surface area contributed by atoms with Crippen molar-refractivity contribution < 1.29 is 4.79 Å². The SMILES string of the molecule is CC(C)Cn1nc(C(=O)NCc2ccccc2N2CCN(C)CC2)c2ccccc2c1=O. The average molecular weight is 434 g/mol. The van der Waals surface area contributed by atoms with Crippen molar-refractivity contribution in [3.8, 4) is 0 Å². The molecule has 32 heavy (non-hydrogen) atoms. The van der Waals surface area contributed by atoms with Crippen LogP contribution in [-0.2, 0) is 13.1 Å². The van der Waals surface area contributed by atoms with E-state index < -0.39 is 0 Å². The molecule has 1 aliphatic rings. The van der Waals surface area contributed by atoms with E-state index in [0.717, 1.165) is 37.4 Å². The van der Waals surface area contributed by atoms with E-state index in [4.69, 9.17) is 0 Å². The van der Waals surface area contributed by atoms with Crippen molar-refractivity contribution in [2.45, 2.75) is 26.9 Å². The number of aromatic nitrogens is 2. The number of rotatable bonds is 6. The van der Waals surface area contributed by atoms with Crippen LogP contribution in [0.15, 0.2) is 53.3 Å². The van der Waals surface area contributed by atoms with Gasteiger partial charge in [-0.3, -0.25) is 9.59 Å². The molecular formula is C25H31N5O2. The van der Waals surface area contributed by atoms with Gasteiger partial charge in [-0.25, -0.2) is 4.68 Å². The summed E-state index contributed by atoms with van der Waals surface area (Å²) in [4.78, 5) is 30.7. The van der Waals surface area contributed by atoms with Crippen molar-refractivity contribution in [3.63, 3.8) is 0 Å². The Morgan fingerprint density at radius 1 is 1.00 bits per heavy atom. The van der Waals surface area contributed by atoms with Crippen molar-refractivity contribution in [2.75, 3.05) is 38.1 Å². The number of likely N-dealkylation sites (N-methyl/N-ethyl adjacent to an activating group) is 1. The van der Waals surface area contributed by atoms with Crippen LogP contribution in [0.2, 0.25) is 0 Å². The fourth-order valence-corrected chi connectivity index (χ4v) is 4.15. The summed E-state index contributed by atoms with van der Waals surface area (Å²) in [7, 11) is 2.14. The molecule has 2 heterocycles. The molecule has 168 valence electrons. The van der Waals surface area contributed by atoms with Crippen molar-refractivity contribution in [1.29, 1.82) is 0 Å². The predicted octanol–water partition coefficient (Wildman–Crippen LogP) is 2.73. The molecule has 3 aromatic rings. The Morgan fingerprint density at radius 3 is 2.38 bits per heavy atom. The summed E-state index contributed by atoms with van der Waals surface area (Å²) >= 11 is 0. The molecule has 0 saturated carbocycles. The van der Waals surface area contributed by atoms with Crippen LogP contribution < -0.4 is 15.8 Å². The van der Waals surface area contributed by atoms with E-state index in [1.54, 1.807) is 12.1 Å². The Morgan fingerprint density at radius 2 is 1.66 bits per heavy atom. The number of benzene rings is 2. The largest absolute Gasteiger partial charge is 0.369 e. The van der Waals surface area contributed by atoms with E-state index in [-0.39, 0.29) is 23.1 Å². The number of amides is 1. The first-order valence-corrected chi connectivity index (χ1v) is 11.2. The predicted molar refractivity (Wildman–Crippen MR) is 128 cm³/mol. The Labute approximate surface area is 188 Å². The maximum absolute atomic E-state index is 13.2. The molecule has 2 aromatic carbocycles. The number of para-hydroxylation sites is 1. The third-order valence-electron chi connectivity index (χ3n) is 5.90. The Kier molecular flexibility index (Phi) is 6.55. The van der Waals surface area contributed by atoms with Gasteiger partial charge in [-0.1, -0.05) is 50.2 Å². The Bertz CT molecular complexity index is 1160. The lowest BCUT2D eigenvalue weighted by Crippen LogP contribution is -2.45. The van der Waals surface area contributed by atoms with Crippen molar-refractivity contribution in [1.82, 2.24) is 20.0 Å². The Balaban J connectivity index is 1.59. The van der Waals surface area contributed by atoms with Crippen molar-refractivity contribution in [3.05, 3.63) is 70.1 Å². The second-order valence-electron chi connectivity index (χ2n) is 8.88. The maximum Gasteiger partial charge on any atom is 0.274 e. The molecule has 7 heteroatoms. The molecule has 4 rings (SSSR count). The summed E-state index contributed by atoms with van der Waals surface area (Å²) in [5.41, 5.74) is 2.36. The zero-order valence-corrected chi connectivity index (χ0v) is 19.0. The fraction of sp³-hybridized carbons (Fsp3) is 0.400. The quantitative estimate of drug-likeness (QED) is 0.647. The first-order chi connectivity index (χ1) is 15.4. The molecule has 1 saturated heterocycles. The van der Waals surface area contributed by atoms with E-state index in [2.05, 4.69) is 39.4 Å². The minimum absolute atomic E-state index is 0.161. The van der Waals surface area contributed by atoms with Gasteiger partial charge in [-0.05, 0) is 30.7 Å². The normalized spacial score (nSPS) is 14.8. The van der Waals surface area contributed by atoms with Gasteiger partial charge in [-0.15, -0.1) is 0 Å². The number of hydrogen-bond acceptors (Lipinski definition) is 5. The van der Waals surface area contributed by atoms with E-state index in [0.29, 0.717) is 23.9 Å². The molecule has 1 N–H and O–H groups in total. The summed E-state index contributed by atoms with van der Waals surface area (Å²) < 4.78 is 1.42. The lowest BCUT2D eigenvalue weighted by Gasteiger charge is -2.35. The minimum Gasteiger partial charge on any atom is -0.369 e. The maximum atomic E-state index is 13.2. The summed E-state index contributed by atoms with van der Waals surface area (Å²) in [6.45, 7) is 8.90. The van der Waals surface area contributed by atoms with Gasteiger partial charge in [0.2, 0.25) is 0 Å². The molecule has 7 nitrogen and oxygen atoms in total. The molecule has 0 aliphatic carbocycles. The molecule has 1 aromatic heterocycles. The average Bonchev–Trinajstić information content (AvgIpc) is 2.80. The summed E-state index contributed by atoms with van der Waals surface area (Å²) in [5.74, 6) is -0.0281. The van der Waals surface area contributed by atoms with Crippen LogP contribution in [0.3, 0.4) is 0 Å². The molecule has 1 fully saturated rings. The molecule has 0 spiro atoms. The van der Waals surface area contributed by atoms with Gasteiger partial charge in [0.1, 0.15) is 0 Å². The van der Waals surface area contributed by atoms with Gasteiger partial charge in [-0.2, -0.15) is 5.10 Å². The van der Waals surface area contributed by atoms with Gasteiger partial charge in [0, 0.05) is 50.3 Å². The minimum atomic E-state index is -0.271. The monoisotopic (exact) mass is 433 g/mol. The molecule has 0 bridgehead atoms. The highest BCUT2D eigenvalue weighted by molar-refractivity contribution is 6.04. The van der Waals surface area contributed by atoms with Crippen molar-refractivity contribution in [2.24, 2.45) is 5.92 Å². The fourth-order valence-electron chi connectivity index (χ4n) is 4.15. The molecule has 1 amide bonds. The highest BCUT2D eigenvalue weighted by Gasteiger charge is 2.19. The number of carbonyl (C=O) groups is 1. The van der Waals surface area contributed by atoms with Crippen molar-refractivity contribution >= 4 is 22.4 Å². The smallest absolute Gasteiger partial charge is 0.274 e. The number of carbonyl (C=O) groups excluding carboxylic acids is 1. The van der Waals surface area contributed by atoms with Crippen LogP contribution in [0.1, 0.15) is 29.9 Å². The number of nitrogens with zero attached hydrogens (tertiary/aromatic N) is 4. The van der Waals surface area contributed by atoms with Crippen LogP contribution in [0.5, 0.6) is 0 Å². The lowest BCUT2D eigenvalue weighted by molar-refractivity contribution is 0.0945. The number of anilines is 1. The summed E-state index contributed by atoms with van der Waals surface area (Å²) in [6, 6.07) is 15.4. The van der Waals surface area contributed by atoms with Gasteiger partial charge in [0.05, 0.1) is 5.39 Å². The summed E-state index contributed by atoms with van der Waals surface area (Å²) in [6.07, 6.45) is 0. The van der Waals surface area contributed by atoms with E-state index in [9.17, 15) is 9.59 Å².